The molecule has 2 N–H and O–H groups in total. The number of anilines is 1. The number of hydrogen-bond acceptors (Lipinski definition) is 3. The summed E-state index contributed by atoms with van der Waals surface area (Å²) < 4.78 is 39.5. The lowest BCUT2D eigenvalue weighted by Gasteiger charge is -2.29. The normalized spacial score (nSPS) is 12.2. The van der Waals surface area contributed by atoms with E-state index in [4.69, 9.17) is 5.26 Å². The summed E-state index contributed by atoms with van der Waals surface area (Å²) >= 11 is 0. The van der Waals surface area contributed by atoms with E-state index >= 15 is 0 Å². The van der Waals surface area contributed by atoms with Crippen LogP contribution in [0, 0.1) is 28.8 Å². The maximum atomic E-state index is 13.5. The maximum Gasteiger partial charge on any atom is 0.279 e. The van der Waals surface area contributed by atoms with Gasteiger partial charge in [-0.3, -0.25) is 9.59 Å². The van der Waals surface area contributed by atoms with E-state index in [-0.39, 0.29) is 19.0 Å². The smallest absolute Gasteiger partial charge is 0.279 e. The van der Waals surface area contributed by atoms with Crippen molar-refractivity contribution in [1.29, 1.82) is 5.26 Å². The molecular formula is C16H20F3N4O2+. The van der Waals surface area contributed by atoms with Crippen LogP contribution in [-0.4, -0.2) is 49.4 Å². The molecule has 0 radical (unpaired) electrons. The Morgan fingerprint density at radius 3 is 2.40 bits per heavy atom. The van der Waals surface area contributed by atoms with Crippen LogP contribution in [0.2, 0.25) is 0 Å². The number of hydrogen-bond donors (Lipinski definition) is 2. The van der Waals surface area contributed by atoms with Gasteiger partial charge in [0.1, 0.15) is 5.54 Å². The van der Waals surface area contributed by atoms with Crippen molar-refractivity contribution < 1.29 is 27.7 Å². The first kappa shape index (κ1) is 20.4. The number of carbonyl (C=O) groups is 2. The Balaban J connectivity index is 2.65. The number of rotatable bonds is 6. The highest BCUT2D eigenvalue weighted by molar-refractivity contribution is 5.91. The van der Waals surface area contributed by atoms with Crippen LogP contribution in [-0.2, 0) is 9.59 Å². The summed E-state index contributed by atoms with van der Waals surface area (Å²) in [6.45, 7) is 2.89. The minimum absolute atomic E-state index is 0.0741. The summed E-state index contributed by atoms with van der Waals surface area (Å²) in [6.07, 6.45) is 0. The minimum atomic E-state index is -1.67. The highest BCUT2D eigenvalue weighted by atomic mass is 19.2. The van der Waals surface area contributed by atoms with Gasteiger partial charge in [-0.1, -0.05) is 0 Å². The van der Waals surface area contributed by atoms with Crippen molar-refractivity contribution in [3.8, 4) is 6.07 Å². The summed E-state index contributed by atoms with van der Waals surface area (Å²) in [5.74, 6) is -5.54. The molecule has 1 rings (SSSR count). The van der Waals surface area contributed by atoms with Gasteiger partial charge in [0.25, 0.3) is 11.8 Å². The molecule has 6 nitrogen and oxygen atoms in total. The molecule has 9 heteroatoms. The molecule has 0 aliphatic carbocycles. The molecule has 0 aliphatic rings. The lowest BCUT2D eigenvalue weighted by atomic mass is 10.1. The van der Waals surface area contributed by atoms with Gasteiger partial charge in [-0.25, -0.2) is 13.2 Å². The third-order valence-electron chi connectivity index (χ3n) is 3.71. The molecule has 0 aliphatic heterocycles. The van der Waals surface area contributed by atoms with Crippen LogP contribution >= 0.6 is 0 Å². The average molecular weight is 357 g/mol. The maximum absolute atomic E-state index is 13.5. The van der Waals surface area contributed by atoms with E-state index in [1.165, 1.54) is 11.9 Å². The summed E-state index contributed by atoms with van der Waals surface area (Å²) in [7, 11) is 3.04. The van der Waals surface area contributed by atoms with Crippen molar-refractivity contribution >= 4 is 17.5 Å². The van der Waals surface area contributed by atoms with Crippen molar-refractivity contribution in [3.05, 3.63) is 29.6 Å². The number of likely N-dealkylation sites (N-methyl/N-ethyl adjacent to an activating group) is 2. The fourth-order valence-corrected chi connectivity index (χ4v) is 1.92. The van der Waals surface area contributed by atoms with E-state index in [1.54, 1.807) is 20.9 Å². The second-order valence-corrected chi connectivity index (χ2v) is 6.21. The number of amides is 2. The summed E-state index contributed by atoms with van der Waals surface area (Å²) in [5.41, 5.74) is -1.47. The standard InChI is InChI=1S/C16H19F3N4O2/c1-16(2,9-20)23(4)13(25)8-22(3)7-12(24)21-11-6-5-10(17)14(18)15(11)19/h5-6H,7-8H2,1-4H3,(H,21,24)/p+1. The van der Waals surface area contributed by atoms with Crippen LogP contribution < -0.4 is 10.2 Å². The number of nitriles is 1. The van der Waals surface area contributed by atoms with E-state index in [9.17, 15) is 22.8 Å². The van der Waals surface area contributed by atoms with Gasteiger partial charge in [0.15, 0.2) is 30.5 Å². The number of halogens is 3. The minimum Gasteiger partial charge on any atom is -0.323 e. The molecule has 0 fully saturated rings. The van der Waals surface area contributed by atoms with Gasteiger partial charge >= 0.3 is 0 Å². The van der Waals surface area contributed by atoms with Gasteiger partial charge in [0.2, 0.25) is 0 Å². The van der Waals surface area contributed by atoms with E-state index in [0.29, 0.717) is 11.0 Å². The van der Waals surface area contributed by atoms with E-state index < -0.39 is 34.6 Å². The molecule has 0 bridgehead atoms. The third-order valence-corrected chi connectivity index (χ3v) is 3.71. The molecule has 25 heavy (non-hydrogen) atoms. The van der Waals surface area contributed by atoms with Gasteiger partial charge < -0.3 is 15.1 Å². The Labute approximate surface area is 143 Å². The first-order chi connectivity index (χ1) is 11.5. The molecule has 1 aromatic rings. The number of benzene rings is 1. The fraction of sp³-hybridized carbons (Fsp3) is 0.438. The van der Waals surface area contributed by atoms with Gasteiger partial charge in [0, 0.05) is 7.05 Å². The molecule has 1 aromatic carbocycles. The first-order valence-corrected chi connectivity index (χ1v) is 7.42. The van der Waals surface area contributed by atoms with E-state index in [0.717, 1.165) is 6.07 Å². The third kappa shape index (κ3) is 5.19. The van der Waals surface area contributed by atoms with Gasteiger partial charge in [0.05, 0.1) is 18.8 Å². The topological polar surface area (TPSA) is 77.6 Å². The fourth-order valence-electron chi connectivity index (χ4n) is 1.92. The van der Waals surface area contributed by atoms with E-state index in [2.05, 4.69) is 5.32 Å². The van der Waals surface area contributed by atoms with Gasteiger partial charge in [-0.05, 0) is 26.0 Å². The van der Waals surface area contributed by atoms with Crippen LogP contribution in [0.25, 0.3) is 0 Å². The predicted molar refractivity (Wildman–Crippen MR) is 84.0 cm³/mol. The quantitative estimate of drug-likeness (QED) is 0.720. The molecule has 0 saturated heterocycles. The lowest BCUT2D eigenvalue weighted by molar-refractivity contribution is -0.862. The molecule has 0 aromatic heterocycles. The average Bonchev–Trinajstić information content (AvgIpc) is 2.54. The zero-order valence-corrected chi connectivity index (χ0v) is 14.4. The lowest BCUT2D eigenvalue weighted by Crippen LogP contribution is -3.11. The Kier molecular flexibility index (Phi) is 6.53. The molecule has 0 saturated carbocycles. The molecule has 136 valence electrons. The first-order valence-electron chi connectivity index (χ1n) is 7.42. The van der Waals surface area contributed by atoms with E-state index in [1.807, 2.05) is 6.07 Å². The van der Waals surface area contributed by atoms with Crippen LogP contribution in [0.4, 0.5) is 18.9 Å². The van der Waals surface area contributed by atoms with Crippen molar-refractivity contribution in [2.45, 2.75) is 19.4 Å². The summed E-state index contributed by atoms with van der Waals surface area (Å²) in [5, 5.41) is 11.2. The van der Waals surface area contributed by atoms with Crippen molar-refractivity contribution in [2.24, 2.45) is 0 Å². The predicted octanol–water partition coefficient (Wildman–Crippen LogP) is 0.318. The van der Waals surface area contributed by atoms with Crippen LogP contribution in [0.3, 0.4) is 0 Å². The molecule has 1 unspecified atom stereocenters. The highest BCUT2D eigenvalue weighted by Crippen LogP contribution is 2.19. The van der Waals surface area contributed by atoms with Crippen molar-refractivity contribution in [2.75, 3.05) is 32.5 Å². The zero-order valence-electron chi connectivity index (χ0n) is 14.4. The van der Waals surface area contributed by atoms with Gasteiger partial charge in [-0.2, -0.15) is 5.26 Å². The summed E-state index contributed by atoms with van der Waals surface area (Å²) in [4.78, 5) is 25.7. The Morgan fingerprint density at radius 2 is 1.84 bits per heavy atom. The zero-order chi connectivity index (χ0) is 19.4. The Morgan fingerprint density at radius 1 is 1.24 bits per heavy atom. The number of carbonyl (C=O) groups excluding carboxylic acids is 2. The molecular weight excluding hydrogens is 337 g/mol. The second-order valence-electron chi connectivity index (χ2n) is 6.21. The van der Waals surface area contributed by atoms with Crippen molar-refractivity contribution in [3.63, 3.8) is 0 Å². The Hall–Kier alpha value is -2.60. The number of nitrogens with one attached hydrogen (secondary N) is 2. The number of quaternary nitrogens is 1. The largest absolute Gasteiger partial charge is 0.323 e. The molecule has 0 spiro atoms. The van der Waals surface area contributed by atoms with Crippen LogP contribution in [0.15, 0.2) is 12.1 Å². The monoisotopic (exact) mass is 357 g/mol. The van der Waals surface area contributed by atoms with Gasteiger partial charge in [-0.15, -0.1) is 0 Å². The second kappa shape index (κ2) is 7.98. The SMILES string of the molecule is CN(C(=O)C[NH+](C)CC(=O)Nc1ccc(F)c(F)c1F)C(C)(C)C#N. The summed E-state index contributed by atoms with van der Waals surface area (Å²) in [6, 6.07) is 3.61. The molecule has 2 amide bonds. The molecule has 1 atom stereocenters. The number of nitrogens with zero attached hydrogens (tertiary/aromatic N) is 2. The van der Waals surface area contributed by atoms with Crippen molar-refractivity contribution in [1.82, 2.24) is 4.90 Å². The van der Waals surface area contributed by atoms with Crippen LogP contribution in [0.1, 0.15) is 13.8 Å². The Bertz CT molecular complexity index is 716. The molecule has 0 heterocycles. The van der Waals surface area contributed by atoms with Crippen LogP contribution in [0.5, 0.6) is 0 Å². The highest BCUT2D eigenvalue weighted by Gasteiger charge is 2.29.